The number of aliphatic imine (C=N–C) groups is 3. The maximum absolute atomic E-state index is 13.3. The van der Waals surface area contributed by atoms with E-state index in [1.165, 1.54) is 24.5 Å². The van der Waals surface area contributed by atoms with Crippen LogP contribution in [-0.2, 0) is 29.0 Å². The van der Waals surface area contributed by atoms with E-state index in [0.29, 0.717) is 47.7 Å². The molecule has 7 unspecified atom stereocenters. The van der Waals surface area contributed by atoms with E-state index in [4.69, 9.17) is 29.1 Å². The van der Waals surface area contributed by atoms with Crippen LogP contribution < -0.4 is 24.4 Å². The number of hydrogen-bond donors (Lipinski definition) is 8. The minimum Gasteiger partial charge on any atom is -0.508 e. The Bertz CT molecular complexity index is 2970. The van der Waals surface area contributed by atoms with Gasteiger partial charge in [-0.05, 0) is 87.1 Å². The summed E-state index contributed by atoms with van der Waals surface area (Å²) in [5, 5.41) is 88.9. The molecule has 1 fully saturated rings. The number of phenolic OH excluding ortho intramolecular Hbond substituents is 2. The highest BCUT2D eigenvalue weighted by Crippen LogP contribution is 2.57. The van der Waals surface area contributed by atoms with Crippen molar-refractivity contribution in [3.8, 4) is 34.5 Å². The minimum atomic E-state index is -2.72. The fourth-order valence-corrected chi connectivity index (χ4v) is 9.83. The molecule has 17 heteroatoms. The molecule has 2 bridgehead atoms. The zero-order valence-electron chi connectivity index (χ0n) is 36.5. The van der Waals surface area contributed by atoms with Gasteiger partial charge in [0.1, 0.15) is 59.3 Å². The quantitative estimate of drug-likeness (QED) is 0.0947. The number of aliphatic hydroxyl groups excluding tert-OH is 2. The molecule has 348 valence electrons. The number of amidine groups is 1. The van der Waals surface area contributed by atoms with Gasteiger partial charge in [-0.25, -0.2) is 9.79 Å². The first-order valence-corrected chi connectivity index (χ1v) is 22.0. The molecular formula is C51H47N4O13+. The second kappa shape index (κ2) is 17.3. The molecule has 17 nitrogen and oxygen atoms in total. The van der Waals surface area contributed by atoms with Crippen molar-refractivity contribution in [1.29, 1.82) is 0 Å². The van der Waals surface area contributed by atoms with Crippen molar-refractivity contribution in [3.05, 3.63) is 142 Å². The molecule has 6 aliphatic rings. The standard InChI is InChI=1S/C51H46N4O13/c1-2-26-17-27(19-32(56)18-26)24-65-45-40(22-39-42(44(45)58)37(57)21-38(66-39)29-7-11-33(12-8-29)64-16-15-31-10-14-41(52)55-31)67-49-50(62)35-13-9-28-5-3-4-6-30(28)20-34(35)43(36-23-53-25-54-36)51(63,48(50)61)46(68-49)47(59)60/h3-14,17-19,21-22,25,38,43,46,48-49,52,56-58,61-63H,2,15-16,20,23-24H2,1H3,(H,59,60)/p+1. The van der Waals surface area contributed by atoms with Crippen LogP contribution in [0.25, 0.3) is 11.8 Å². The number of carboxylic acid groups (broad SMARTS) is 1. The van der Waals surface area contributed by atoms with E-state index >= 15 is 0 Å². The minimum absolute atomic E-state index is 0.00934. The van der Waals surface area contributed by atoms with E-state index in [2.05, 4.69) is 15.0 Å². The topological polar surface area (TPSA) is 267 Å². The SMILES string of the molecule is CCc1cc(O)cc(COc2c(OC3OC(C(=O)O)C4(O)C(C5=NC=NC5)C5=C(C=Cc6ccccc6C5)C3(O)C4O)cc3c(c2O)C(O)=CC(c2ccc(OCCC4=NC(=[NH2+])C=C4)cc2)O3)c1. The van der Waals surface area contributed by atoms with Gasteiger partial charge >= 0.3 is 11.8 Å². The second-order valence-electron chi connectivity index (χ2n) is 17.3. The number of carboxylic acids is 1. The Balaban J connectivity index is 1.05. The van der Waals surface area contributed by atoms with E-state index < -0.39 is 59.2 Å². The van der Waals surface area contributed by atoms with E-state index in [-0.39, 0.29) is 59.4 Å². The van der Waals surface area contributed by atoms with Crippen molar-refractivity contribution in [2.75, 3.05) is 13.2 Å². The van der Waals surface area contributed by atoms with E-state index in [9.17, 15) is 40.5 Å². The van der Waals surface area contributed by atoms with Crippen LogP contribution in [0.5, 0.6) is 34.5 Å². The summed E-state index contributed by atoms with van der Waals surface area (Å²) in [5.41, 5.74) is -0.660. The predicted octanol–water partition coefficient (Wildman–Crippen LogP) is 3.90. The molecule has 10 rings (SSSR count). The number of allylic oxidation sites excluding steroid dienone is 1. The van der Waals surface area contributed by atoms with Crippen LogP contribution in [0, 0.1) is 5.92 Å². The number of aromatic hydroxyl groups is 2. The third-order valence-electron chi connectivity index (χ3n) is 13.1. The second-order valence-corrected chi connectivity index (χ2v) is 17.3. The number of carbonyl (C=O) groups is 1. The number of aliphatic carboxylic acids is 1. The van der Waals surface area contributed by atoms with Gasteiger partial charge in [0.15, 0.2) is 28.9 Å². The van der Waals surface area contributed by atoms with Crippen molar-refractivity contribution in [2.45, 2.75) is 68.6 Å². The first kappa shape index (κ1) is 44.3. The van der Waals surface area contributed by atoms with Gasteiger partial charge < -0.3 is 59.4 Å². The number of fused-ring (bicyclic) bond motifs is 5. The Kier molecular flexibility index (Phi) is 11.2. The molecule has 68 heavy (non-hydrogen) atoms. The van der Waals surface area contributed by atoms with Gasteiger partial charge in [0.25, 0.3) is 0 Å². The molecule has 4 aliphatic heterocycles. The largest absolute Gasteiger partial charge is 0.508 e. The summed E-state index contributed by atoms with van der Waals surface area (Å²) < 4.78 is 31.2. The average Bonchev–Trinajstić information content (AvgIpc) is 3.96. The Morgan fingerprint density at radius 2 is 1.75 bits per heavy atom. The Labute approximate surface area is 388 Å². The monoisotopic (exact) mass is 923 g/mol. The molecule has 0 radical (unpaired) electrons. The molecule has 0 amide bonds. The van der Waals surface area contributed by atoms with E-state index in [1.54, 1.807) is 54.6 Å². The number of nitrogens with zero attached hydrogens (tertiary/aromatic N) is 3. The van der Waals surface area contributed by atoms with Crippen molar-refractivity contribution in [3.63, 3.8) is 0 Å². The highest BCUT2D eigenvalue weighted by Gasteiger charge is 2.73. The fraction of sp³-hybridized carbons (Fsp3) is 0.275. The fourth-order valence-electron chi connectivity index (χ4n) is 9.83. The molecule has 1 saturated heterocycles. The molecule has 7 atom stereocenters. The molecule has 0 spiro atoms. The number of aliphatic hydroxyl groups is 4. The number of phenols is 2. The van der Waals surface area contributed by atoms with Gasteiger partial charge in [-0.2, -0.15) is 0 Å². The lowest BCUT2D eigenvalue weighted by atomic mass is 9.57. The zero-order chi connectivity index (χ0) is 47.5. The van der Waals surface area contributed by atoms with Gasteiger partial charge in [-0.15, -0.1) is 0 Å². The van der Waals surface area contributed by atoms with Crippen molar-refractivity contribution in [1.82, 2.24) is 0 Å². The number of rotatable bonds is 13. The molecule has 9 N–H and O–H groups in total. The summed E-state index contributed by atoms with van der Waals surface area (Å²) in [4.78, 5) is 26.1. The Morgan fingerprint density at radius 3 is 2.49 bits per heavy atom. The van der Waals surface area contributed by atoms with Gasteiger partial charge in [0.2, 0.25) is 12.0 Å². The zero-order valence-corrected chi connectivity index (χ0v) is 36.5. The van der Waals surface area contributed by atoms with Crippen molar-refractivity contribution in [2.24, 2.45) is 20.9 Å². The van der Waals surface area contributed by atoms with Crippen LogP contribution in [0.15, 0.2) is 123 Å². The molecule has 2 aliphatic carbocycles. The molecule has 4 aromatic rings. The molecule has 4 heterocycles. The van der Waals surface area contributed by atoms with Crippen LogP contribution in [0.1, 0.15) is 52.8 Å². The Morgan fingerprint density at radius 1 is 0.956 bits per heavy atom. The number of hydrogen-bond acceptors (Lipinski definition) is 14. The van der Waals surface area contributed by atoms with Gasteiger partial charge in [0, 0.05) is 24.6 Å². The van der Waals surface area contributed by atoms with Gasteiger partial charge in [0.05, 0.1) is 24.8 Å². The number of ether oxygens (including phenoxy) is 5. The molecule has 4 aromatic carbocycles. The van der Waals surface area contributed by atoms with Crippen LogP contribution in [0.3, 0.4) is 0 Å². The lowest BCUT2D eigenvalue weighted by Crippen LogP contribution is -2.80. The van der Waals surface area contributed by atoms with Crippen LogP contribution in [0.4, 0.5) is 0 Å². The van der Waals surface area contributed by atoms with Crippen molar-refractivity contribution >= 4 is 41.4 Å². The predicted molar refractivity (Wildman–Crippen MR) is 247 cm³/mol. The number of aryl methyl sites for hydroxylation is 1. The van der Waals surface area contributed by atoms with E-state index in [0.717, 1.165) is 22.4 Å². The van der Waals surface area contributed by atoms with E-state index in [1.807, 2.05) is 37.3 Å². The third-order valence-corrected chi connectivity index (χ3v) is 13.1. The normalized spacial score (nSPS) is 26.4. The highest BCUT2D eigenvalue weighted by atomic mass is 16.7. The lowest BCUT2D eigenvalue weighted by Gasteiger charge is -2.59. The van der Waals surface area contributed by atoms with Crippen LogP contribution in [-0.4, -0.2) is 108 Å². The summed E-state index contributed by atoms with van der Waals surface area (Å²) in [7, 11) is 0. The summed E-state index contributed by atoms with van der Waals surface area (Å²) in [6, 6.07) is 20.5. The van der Waals surface area contributed by atoms with Gasteiger partial charge in [-0.1, -0.05) is 61.5 Å². The number of benzene rings is 4. The third kappa shape index (κ3) is 7.58. The summed E-state index contributed by atoms with van der Waals surface area (Å²) in [5.74, 6) is -3.89. The number of nitrogens with two attached hydrogens (primary N) is 1. The first-order chi connectivity index (χ1) is 32.8. The first-order valence-electron chi connectivity index (χ1n) is 22.0. The summed E-state index contributed by atoms with van der Waals surface area (Å²) >= 11 is 0. The average molecular weight is 924 g/mol. The molecular weight excluding hydrogens is 877 g/mol. The molecule has 0 saturated carbocycles. The van der Waals surface area contributed by atoms with Crippen LogP contribution >= 0.6 is 0 Å². The lowest BCUT2D eigenvalue weighted by molar-refractivity contribution is -0.341. The van der Waals surface area contributed by atoms with Crippen molar-refractivity contribution < 1.29 is 69.6 Å². The van der Waals surface area contributed by atoms with Gasteiger partial charge in [-0.3, -0.25) is 10.4 Å². The highest BCUT2D eigenvalue weighted by molar-refractivity contribution is 6.13. The van der Waals surface area contributed by atoms with Crippen LogP contribution in [0.2, 0.25) is 0 Å². The maximum Gasteiger partial charge on any atom is 0.336 e. The smallest absolute Gasteiger partial charge is 0.336 e. The summed E-state index contributed by atoms with van der Waals surface area (Å²) in [6.45, 7) is 1.98. The summed E-state index contributed by atoms with van der Waals surface area (Å²) in [6.07, 6.45) is 3.22. The molecule has 0 aromatic heterocycles. The maximum atomic E-state index is 13.3. The Hall–Kier alpha value is -7.57.